The molecule has 28 heavy (non-hydrogen) atoms. The first-order chi connectivity index (χ1) is 13.4. The van der Waals surface area contributed by atoms with Crippen molar-refractivity contribution >= 4 is 27.5 Å². The molecule has 1 heterocycles. The van der Waals surface area contributed by atoms with E-state index in [0.717, 1.165) is 6.42 Å². The molecule has 1 amide bonds. The summed E-state index contributed by atoms with van der Waals surface area (Å²) in [7, 11) is -0.684. The Kier molecular flexibility index (Phi) is 5.84. The summed E-state index contributed by atoms with van der Waals surface area (Å²) in [5.74, 6) is 1.09. The maximum absolute atomic E-state index is 12.5. The molecule has 8 nitrogen and oxygen atoms in total. The van der Waals surface area contributed by atoms with Gasteiger partial charge in [-0.15, -0.1) is 0 Å². The lowest BCUT2D eigenvalue weighted by atomic mass is 10.2. The second-order valence-electron chi connectivity index (χ2n) is 6.12. The summed E-state index contributed by atoms with van der Waals surface area (Å²) in [5.41, 5.74) is 0.817. The third-order valence-corrected chi connectivity index (χ3v) is 5.56. The molecule has 0 aliphatic carbocycles. The number of hydrogen-bond acceptors (Lipinski definition) is 6. The molecule has 0 fully saturated rings. The zero-order chi connectivity index (χ0) is 20.1. The lowest BCUT2D eigenvalue weighted by Crippen LogP contribution is -2.29. The lowest BCUT2D eigenvalue weighted by Gasteiger charge is -2.10. The fourth-order valence-corrected chi connectivity index (χ4v) is 3.79. The number of anilines is 1. The van der Waals surface area contributed by atoms with Gasteiger partial charge in [-0.2, -0.15) is 0 Å². The van der Waals surface area contributed by atoms with E-state index in [1.54, 1.807) is 18.2 Å². The molecule has 1 aliphatic rings. The van der Waals surface area contributed by atoms with Crippen molar-refractivity contribution in [3.8, 4) is 11.5 Å². The van der Waals surface area contributed by atoms with E-state index in [9.17, 15) is 13.2 Å². The van der Waals surface area contributed by atoms with E-state index < -0.39 is 10.0 Å². The topological polar surface area (TPSA) is 106 Å². The molecule has 0 aromatic heterocycles. The van der Waals surface area contributed by atoms with Crippen molar-refractivity contribution in [3.63, 3.8) is 0 Å². The quantitative estimate of drug-likeness (QED) is 0.771. The number of amides is 1. The number of amidine groups is 1. The van der Waals surface area contributed by atoms with Crippen LogP contribution in [0.25, 0.3) is 0 Å². The van der Waals surface area contributed by atoms with E-state index >= 15 is 0 Å². The average molecular weight is 403 g/mol. The van der Waals surface area contributed by atoms with Crippen LogP contribution in [0.4, 0.5) is 5.69 Å². The number of sulfonamides is 1. The van der Waals surface area contributed by atoms with Crippen molar-refractivity contribution in [2.45, 2.75) is 17.7 Å². The highest BCUT2D eigenvalue weighted by Crippen LogP contribution is 2.23. The maximum Gasteiger partial charge on any atom is 0.262 e. The highest BCUT2D eigenvalue weighted by Gasteiger charge is 2.18. The number of carbonyl (C=O) groups is 1. The van der Waals surface area contributed by atoms with Crippen LogP contribution in [0.15, 0.2) is 52.4 Å². The second kappa shape index (κ2) is 8.30. The Morgan fingerprint density at radius 3 is 2.21 bits per heavy atom. The molecule has 9 heteroatoms. The third kappa shape index (κ3) is 4.61. The first kappa shape index (κ1) is 19.7. The summed E-state index contributed by atoms with van der Waals surface area (Å²) in [4.78, 5) is 16.7. The van der Waals surface area contributed by atoms with Crippen LogP contribution in [0.1, 0.15) is 23.2 Å². The first-order valence-electron chi connectivity index (χ1n) is 8.62. The van der Waals surface area contributed by atoms with Crippen LogP contribution < -0.4 is 19.5 Å². The van der Waals surface area contributed by atoms with Gasteiger partial charge in [0.2, 0.25) is 0 Å². The van der Waals surface area contributed by atoms with Crippen molar-refractivity contribution in [1.82, 2.24) is 4.72 Å². The third-order valence-electron chi connectivity index (χ3n) is 4.16. The van der Waals surface area contributed by atoms with Crippen molar-refractivity contribution in [2.24, 2.45) is 4.99 Å². The number of ether oxygens (including phenoxy) is 2. The molecule has 148 valence electrons. The number of hydrogen-bond donors (Lipinski definition) is 2. The molecule has 0 saturated heterocycles. The standard InChI is InChI=1S/C19H21N3O5S/c1-26-15-10-13(11-16(12-15)27-2)19(23)21-14-5-7-17(8-6-14)28(24,25)22-18-4-3-9-20-18/h5-8,10-12H,3-4,9H2,1-2H3,(H,20,22)(H,21,23). The number of nitrogens with zero attached hydrogens (tertiary/aromatic N) is 1. The van der Waals surface area contributed by atoms with Gasteiger partial charge in [0.05, 0.1) is 19.1 Å². The van der Waals surface area contributed by atoms with Gasteiger partial charge < -0.3 is 14.8 Å². The molecule has 0 spiro atoms. The van der Waals surface area contributed by atoms with Gasteiger partial charge in [0.25, 0.3) is 15.9 Å². The van der Waals surface area contributed by atoms with Crippen LogP contribution >= 0.6 is 0 Å². The largest absolute Gasteiger partial charge is 0.497 e. The molecule has 0 unspecified atom stereocenters. The Hall–Kier alpha value is -3.07. The normalized spacial score (nSPS) is 13.6. The first-order valence-corrected chi connectivity index (χ1v) is 10.1. The van der Waals surface area contributed by atoms with Gasteiger partial charge in [-0.1, -0.05) is 0 Å². The molecule has 1 aliphatic heterocycles. The number of carbonyl (C=O) groups excluding carboxylic acids is 1. The van der Waals surface area contributed by atoms with E-state index in [1.165, 1.54) is 38.5 Å². The Morgan fingerprint density at radius 2 is 1.68 bits per heavy atom. The molecule has 2 N–H and O–H groups in total. The predicted molar refractivity (Wildman–Crippen MR) is 106 cm³/mol. The Morgan fingerprint density at radius 1 is 1.04 bits per heavy atom. The minimum Gasteiger partial charge on any atom is -0.497 e. The second-order valence-corrected chi connectivity index (χ2v) is 7.80. The molecular weight excluding hydrogens is 382 g/mol. The number of methoxy groups -OCH3 is 2. The van der Waals surface area contributed by atoms with Crippen molar-refractivity contribution < 1.29 is 22.7 Å². The van der Waals surface area contributed by atoms with Gasteiger partial charge in [-0.3, -0.25) is 14.5 Å². The number of nitrogens with one attached hydrogen (secondary N) is 2. The highest BCUT2D eigenvalue weighted by atomic mass is 32.2. The van der Waals surface area contributed by atoms with Gasteiger partial charge in [0.1, 0.15) is 17.3 Å². The van der Waals surface area contributed by atoms with Crippen molar-refractivity contribution in [2.75, 3.05) is 26.1 Å². The molecule has 2 aromatic rings. The van der Waals surface area contributed by atoms with Crippen LogP contribution in [0.2, 0.25) is 0 Å². The Bertz CT molecular complexity index is 978. The van der Waals surface area contributed by atoms with Crippen molar-refractivity contribution in [1.29, 1.82) is 0 Å². The summed E-state index contributed by atoms with van der Waals surface area (Å²) < 4.78 is 37.6. The van der Waals surface area contributed by atoms with E-state index in [0.29, 0.717) is 41.6 Å². The Balaban J connectivity index is 1.72. The van der Waals surface area contributed by atoms with Crippen LogP contribution in [0, 0.1) is 0 Å². The van der Waals surface area contributed by atoms with Crippen LogP contribution in [0.5, 0.6) is 11.5 Å². The van der Waals surface area contributed by atoms with E-state index in [2.05, 4.69) is 15.0 Å². The van der Waals surface area contributed by atoms with Crippen LogP contribution in [-0.2, 0) is 10.0 Å². The monoisotopic (exact) mass is 403 g/mol. The lowest BCUT2D eigenvalue weighted by molar-refractivity contribution is 0.102. The molecule has 0 saturated carbocycles. The summed E-state index contributed by atoms with van der Waals surface area (Å²) in [6, 6.07) is 10.8. The molecule has 0 atom stereocenters. The summed E-state index contributed by atoms with van der Waals surface area (Å²) in [6.45, 7) is 0.637. The minimum absolute atomic E-state index is 0.100. The van der Waals surface area contributed by atoms with Gasteiger partial charge in [0, 0.05) is 30.3 Å². The summed E-state index contributed by atoms with van der Waals surface area (Å²) in [5, 5.41) is 2.72. The van der Waals surface area contributed by atoms with Gasteiger partial charge in [0.15, 0.2) is 0 Å². The number of aliphatic imine (C=N–C) groups is 1. The minimum atomic E-state index is -3.69. The van der Waals surface area contributed by atoms with Crippen LogP contribution in [0.3, 0.4) is 0 Å². The molecule has 0 bridgehead atoms. The van der Waals surface area contributed by atoms with Crippen molar-refractivity contribution in [3.05, 3.63) is 48.0 Å². The molecule has 3 rings (SSSR count). The fraction of sp³-hybridized carbons (Fsp3) is 0.263. The number of benzene rings is 2. The van der Waals surface area contributed by atoms with Gasteiger partial charge in [-0.05, 0) is 42.8 Å². The average Bonchev–Trinajstić information content (AvgIpc) is 3.20. The van der Waals surface area contributed by atoms with Gasteiger partial charge >= 0.3 is 0 Å². The summed E-state index contributed by atoms with van der Waals surface area (Å²) in [6.07, 6.45) is 1.47. The number of rotatable bonds is 6. The van der Waals surface area contributed by atoms with E-state index in [-0.39, 0.29) is 10.8 Å². The zero-order valence-electron chi connectivity index (χ0n) is 15.6. The predicted octanol–water partition coefficient (Wildman–Crippen LogP) is 2.43. The smallest absolute Gasteiger partial charge is 0.262 e. The molecule has 2 aromatic carbocycles. The maximum atomic E-state index is 12.5. The molecular formula is C19H21N3O5S. The highest BCUT2D eigenvalue weighted by molar-refractivity contribution is 7.90. The summed E-state index contributed by atoms with van der Waals surface area (Å²) >= 11 is 0. The van der Waals surface area contributed by atoms with Crippen LogP contribution in [-0.4, -0.2) is 40.9 Å². The fourth-order valence-electron chi connectivity index (χ4n) is 2.70. The van der Waals surface area contributed by atoms with Gasteiger partial charge in [-0.25, -0.2) is 8.42 Å². The Labute approximate surface area is 163 Å². The zero-order valence-corrected chi connectivity index (χ0v) is 16.4. The SMILES string of the molecule is COc1cc(OC)cc(C(=O)Nc2ccc(S(=O)(=O)NC3=NCCC3)cc2)c1. The van der Waals surface area contributed by atoms with E-state index in [1.807, 2.05) is 0 Å². The van der Waals surface area contributed by atoms with E-state index in [4.69, 9.17) is 9.47 Å². The molecule has 0 radical (unpaired) electrons.